The van der Waals surface area contributed by atoms with E-state index in [-0.39, 0.29) is 18.4 Å². The van der Waals surface area contributed by atoms with Gasteiger partial charge in [0, 0.05) is 63.1 Å². The minimum absolute atomic E-state index is 0.0152. The van der Waals surface area contributed by atoms with Gasteiger partial charge < -0.3 is 20.2 Å². The minimum atomic E-state index is -0.0152. The summed E-state index contributed by atoms with van der Waals surface area (Å²) in [6, 6.07) is 13.8. The lowest BCUT2D eigenvalue weighted by Crippen LogP contribution is -2.34. The Labute approximate surface area is 214 Å². The van der Waals surface area contributed by atoms with Crippen molar-refractivity contribution in [3.8, 4) is 11.1 Å². The number of carbonyl (C=O) groups excluding carboxylic acids is 2. The van der Waals surface area contributed by atoms with Crippen LogP contribution in [0.5, 0.6) is 0 Å². The van der Waals surface area contributed by atoms with Crippen LogP contribution in [0.25, 0.3) is 17.2 Å². The van der Waals surface area contributed by atoms with Crippen LogP contribution in [0.1, 0.15) is 56.0 Å². The van der Waals surface area contributed by atoms with Gasteiger partial charge in [-0.15, -0.1) is 0 Å². The van der Waals surface area contributed by atoms with Crippen molar-refractivity contribution in [3.05, 3.63) is 59.2 Å². The number of nitrogens with one attached hydrogen (secondary N) is 1. The van der Waals surface area contributed by atoms with Crippen LogP contribution in [0.2, 0.25) is 0 Å². The van der Waals surface area contributed by atoms with Crippen LogP contribution >= 0.6 is 0 Å². The standard InChI is InChI=1S/C29H38N4O3/c1-5-15-33(16-8-17-34)29(36)25-18-24-14-13-23(19-26(24)31-27(20-25)30-4)21-9-11-22(12-10-21)28(35)32(6-2)7-3/h9-14,18-19,34H,5-8,15-17,20H2,1-4H3,(H,30,31). The summed E-state index contributed by atoms with van der Waals surface area (Å²) >= 11 is 0. The van der Waals surface area contributed by atoms with E-state index >= 15 is 0 Å². The van der Waals surface area contributed by atoms with Gasteiger partial charge in [0.1, 0.15) is 5.84 Å². The molecule has 0 fully saturated rings. The molecule has 2 aromatic carbocycles. The van der Waals surface area contributed by atoms with Crippen molar-refractivity contribution in [3.63, 3.8) is 0 Å². The molecule has 0 radical (unpaired) electrons. The third-order valence-electron chi connectivity index (χ3n) is 6.45. The highest BCUT2D eigenvalue weighted by Gasteiger charge is 2.22. The van der Waals surface area contributed by atoms with Crippen molar-refractivity contribution in [1.82, 2.24) is 9.80 Å². The van der Waals surface area contributed by atoms with Crippen LogP contribution in [0, 0.1) is 0 Å². The molecular weight excluding hydrogens is 452 g/mol. The highest BCUT2D eigenvalue weighted by atomic mass is 16.3. The molecule has 7 heteroatoms. The van der Waals surface area contributed by atoms with E-state index in [1.807, 2.05) is 73.0 Å². The van der Waals surface area contributed by atoms with Gasteiger partial charge in [-0.25, -0.2) is 0 Å². The topological polar surface area (TPSA) is 85.2 Å². The van der Waals surface area contributed by atoms with Crippen LogP contribution in [0.3, 0.4) is 0 Å². The SMILES string of the molecule is CCCN(CCCO)C(=O)C1=Cc2ccc(-c3ccc(C(=O)N(CC)CC)cc3)cc2NC(=NC)C1. The smallest absolute Gasteiger partial charge is 0.253 e. The summed E-state index contributed by atoms with van der Waals surface area (Å²) in [6.45, 7) is 8.63. The molecule has 0 saturated carbocycles. The van der Waals surface area contributed by atoms with Gasteiger partial charge in [-0.2, -0.15) is 0 Å². The van der Waals surface area contributed by atoms with Crippen molar-refractivity contribution in [2.24, 2.45) is 4.99 Å². The molecule has 1 aliphatic heterocycles. The molecule has 0 unspecified atom stereocenters. The first-order chi connectivity index (χ1) is 17.4. The van der Waals surface area contributed by atoms with Gasteiger partial charge >= 0.3 is 0 Å². The number of aliphatic hydroxyl groups is 1. The number of hydrogen-bond acceptors (Lipinski definition) is 4. The first kappa shape index (κ1) is 27.1. The molecule has 7 nitrogen and oxygen atoms in total. The van der Waals surface area contributed by atoms with Gasteiger partial charge in [-0.05, 0) is 67.7 Å². The molecule has 1 aliphatic rings. The number of benzene rings is 2. The maximum Gasteiger partial charge on any atom is 0.253 e. The zero-order chi connectivity index (χ0) is 26.1. The number of fused-ring (bicyclic) bond motifs is 1. The third-order valence-corrected chi connectivity index (χ3v) is 6.45. The first-order valence-electron chi connectivity index (χ1n) is 12.8. The summed E-state index contributed by atoms with van der Waals surface area (Å²) in [5.74, 6) is 0.750. The molecule has 0 aliphatic carbocycles. The molecular formula is C29H38N4O3. The Morgan fingerprint density at radius 2 is 1.64 bits per heavy atom. The fraction of sp³-hybridized carbons (Fsp3) is 0.414. The number of nitrogens with zero attached hydrogens (tertiary/aromatic N) is 3. The molecule has 0 saturated heterocycles. The predicted molar refractivity (Wildman–Crippen MR) is 147 cm³/mol. The number of anilines is 1. The van der Waals surface area contributed by atoms with Crippen molar-refractivity contribution in [2.45, 2.75) is 40.0 Å². The van der Waals surface area contributed by atoms with Crippen LogP contribution in [-0.4, -0.2) is 72.4 Å². The molecule has 36 heavy (non-hydrogen) atoms. The van der Waals surface area contributed by atoms with E-state index in [9.17, 15) is 14.7 Å². The summed E-state index contributed by atoms with van der Waals surface area (Å²) < 4.78 is 0. The lowest BCUT2D eigenvalue weighted by molar-refractivity contribution is -0.127. The largest absolute Gasteiger partial charge is 0.396 e. The van der Waals surface area contributed by atoms with Crippen LogP contribution in [-0.2, 0) is 4.79 Å². The van der Waals surface area contributed by atoms with Gasteiger partial charge in [0.05, 0.1) is 0 Å². The van der Waals surface area contributed by atoms with Crippen molar-refractivity contribution in [2.75, 3.05) is 45.2 Å². The van der Waals surface area contributed by atoms with Crippen molar-refractivity contribution in [1.29, 1.82) is 0 Å². The molecule has 0 aromatic heterocycles. The number of aliphatic hydroxyl groups excluding tert-OH is 1. The molecule has 0 bridgehead atoms. The zero-order valence-corrected chi connectivity index (χ0v) is 21.9. The Kier molecular flexibility index (Phi) is 9.82. The maximum atomic E-state index is 13.3. The molecule has 0 atom stereocenters. The van der Waals surface area contributed by atoms with E-state index in [4.69, 9.17) is 0 Å². The monoisotopic (exact) mass is 490 g/mol. The van der Waals surface area contributed by atoms with E-state index in [1.165, 1.54) is 0 Å². The summed E-state index contributed by atoms with van der Waals surface area (Å²) in [5.41, 5.74) is 5.19. The highest BCUT2D eigenvalue weighted by molar-refractivity contribution is 6.10. The number of aliphatic imine (C=N–C) groups is 1. The van der Waals surface area contributed by atoms with Crippen LogP contribution in [0.4, 0.5) is 5.69 Å². The summed E-state index contributed by atoms with van der Waals surface area (Å²) in [4.78, 5) is 34.0. The quantitative estimate of drug-likeness (QED) is 0.506. The predicted octanol–water partition coefficient (Wildman–Crippen LogP) is 4.68. The second-order valence-electron chi connectivity index (χ2n) is 8.87. The van der Waals surface area contributed by atoms with Gasteiger partial charge in [0.25, 0.3) is 5.91 Å². The van der Waals surface area contributed by atoms with Gasteiger partial charge in [0.15, 0.2) is 0 Å². The lowest BCUT2D eigenvalue weighted by atomic mass is 10.00. The van der Waals surface area contributed by atoms with Crippen LogP contribution < -0.4 is 5.32 Å². The summed E-state index contributed by atoms with van der Waals surface area (Å²) in [5, 5.41) is 12.6. The lowest BCUT2D eigenvalue weighted by Gasteiger charge is -2.23. The van der Waals surface area contributed by atoms with Gasteiger partial charge in [0.2, 0.25) is 5.91 Å². The van der Waals surface area contributed by atoms with Gasteiger partial charge in [-0.1, -0.05) is 31.2 Å². The van der Waals surface area contributed by atoms with E-state index in [1.54, 1.807) is 7.05 Å². The first-order valence-corrected chi connectivity index (χ1v) is 12.8. The number of rotatable bonds is 10. The summed E-state index contributed by atoms with van der Waals surface area (Å²) in [7, 11) is 1.72. The zero-order valence-electron chi connectivity index (χ0n) is 21.9. The Morgan fingerprint density at radius 3 is 2.25 bits per heavy atom. The fourth-order valence-electron chi connectivity index (χ4n) is 4.41. The second-order valence-corrected chi connectivity index (χ2v) is 8.87. The van der Waals surface area contributed by atoms with Crippen molar-refractivity contribution >= 4 is 29.4 Å². The Bertz CT molecular complexity index is 1120. The molecule has 2 N–H and O–H groups in total. The Morgan fingerprint density at radius 1 is 0.944 bits per heavy atom. The van der Waals surface area contributed by atoms with E-state index < -0.39 is 0 Å². The normalized spacial score (nSPS) is 13.9. The fourth-order valence-corrected chi connectivity index (χ4v) is 4.41. The number of amides is 2. The second kappa shape index (κ2) is 13.0. The van der Waals surface area contributed by atoms with Crippen molar-refractivity contribution < 1.29 is 14.7 Å². The molecule has 192 valence electrons. The molecule has 2 amide bonds. The third kappa shape index (κ3) is 6.40. The number of carbonyl (C=O) groups is 2. The molecule has 3 rings (SSSR count). The molecule has 1 heterocycles. The Hall–Kier alpha value is -3.45. The molecule has 2 aromatic rings. The van der Waals surface area contributed by atoms with E-state index in [2.05, 4.69) is 16.4 Å². The summed E-state index contributed by atoms with van der Waals surface area (Å²) in [6.07, 6.45) is 3.78. The maximum absolute atomic E-state index is 13.3. The Balaban J connectivity index is 1.90. The van der Waals surface area contributed by atoms with Crippen LogP contribution in [0.15, 0.2) is 53.0 Å². The minimum Gasteiger partial charge on any atom is -0.396 e. The number of amidine groups is 1. The average Bonchev–Trinajstić information content (AvgIpc) is 3.10. The number of hydrogen-bond donors (Lipinski definition) is 2. The van der Waals surface area contributed by atoms with E-state index in [0.29, 0.717) is 50.2 Å². The average molecular weight is 491 g/mol. The van der Waals surface area contributed by atoms with E-state index in [0.717, 1.165) is 34.6 Å². The molecule has 0 spiro atoms. The van der Waals surface area contributed by atoms with Gasteiger partial charge in [-0.3, -0.25) is 14.6 Å². The highest BCUT2D eigenvalue weighted by Crippen LogP contribution is 2.31.